The topological polar surface area (TPSA) is 43.8 Å². The van der Waals surface area contributed by atoms with Crippen molar-refractivity contribution >= 4 is 28.2 Å². The SMILES string of the molecule is Nc1ccc2ccn(Cc3ccncc3Cl)c2c1. The largest absolute Gasteiger partial charge is 0.399 e. The first-order valence-corrected chi connectivity index (χ1v) is 6.04. The Balaban J connectivity index is 2.05. The number of nitrogens with zero attached hydrogens (tertiary/aromatic N) is 2. The molecule has 0 aliphatic carbocycles. The molecule has 0 fully saturated rings. The van der Waals surface area contributed by atoms with Gasteiger partial charge in [0.25, 0.3) is 0 Å². The van der Waals surface area contributed by atoms with Crippen LogP contribution in [0.4, 0.5) is 5.69 Å². The van der Waals surface area contributed by atoms with Gasteiger partial charge in [0, 0.05) is 30.8 Å². The van der Waals surface area contributed by atoms with Crippen LogP contribution >= 0.6 is 11.6 Å². The summed E-state index contributed by atoms with van der Waals surface area (Å²) in [6.07, 6.45) is 5.46. The molecule has 0 amide bonds. The lowest BCUT2D eigenvalue weighted by Crippen LogP contribution is -1.99. The van der Waals surface area contributed by atoms with Gasteiger partial charge in [-0.05, 0) is 35.2 Å². The van der Waals surface area contributed by atoms with Gasteiger partial charge in [-0.15, -0.1) is 0 Å². The lowest BCUT2D eigenvalue weighted by molar-refractivity contribution is 0.835. The highest BCUT2D eigenvalue weighted by Crippen LogP contribution is 2.22. The van der Waals surface area contributed by atoms with Crippen molar-refractivity contribution in [2.24, 2.45) is 0 Å². The number of hydrogen-bond donors (Lipinski definition) is 1. The molecule has 0 aliphatic heterocycles. The third kappa shape index (κ3) is 1.93. The summed E-state index contributed by atoms with van der Waals surface area (Å²) in [5.41, 5.74) is 8.75. The molecule has 0 saturated carbocycles. The van der Waals surface area contributed by atoms with Crippen LogP contribution in [0.1, 0.15) is 5.56 Å². The molecule has 0 atom stereocenters. The Bertz CT molecular complexity index is 703. The molecule has 0 unspecified atom stereocenters. The highest BCUT2D eigenvalue weighted by Gasteiger charge is 2.04. The second kappa shape index (κ2) is 4.35. The van der Waals surface area contributed by atoms with E-state index in [-0.39, 0.29) is 0 Å². The molecule has 3 aromatic rings. The molecule has 1 aromatic carbocycles. The number of nitrogens with two attached hydrogens (primary N) is 1. The van der Waals surface area contributed by atoms with E-state index in [0.717, 1.165) is 16.8 Å². The molecule has 0 aliphatic rings. The molecule has 3 nitrogen and oxygen atoms in total. The van der Waals surface area contributed by atoms with Gasteiger partial charge in [0.05, 0.1) is 10.5 Å². The van der Waals surface area contributed by atoms with E-state index in [1.165, 1.54) is 5.39 Å². The van der Waals surface area contributed by atoms with E-state index in [9.17, 15) is 0 Å². The summed E-state index contributed by atoms with van der Waals surface area (Å²) in [4.78, 5) is 3.99. The molecule has 0 saturated heterocycles. The third-order valence-corrected chi connectivity index (χ3v) is 3.34. The summed E-state index contributed by atoms with van der Waals surface area (Å²) in [6.45, 7) is 0.717. The Hall–Kier alpha value is -2.00. The summed E-state index contributed by atoms with van der Waals surface area (Å²) in [6, 6.07) is 9.91. The van der Waals surface area contributed by atoms with Crippen molar-refractivity contribution in [1.29, 1.82) is 0 Å². The van der Waals surface area contributed by atoms with Crippen molar-refractivity contribution < 1.29 is 0 Å². The average Bonchev–Trinajstić information content (AvgIpc) is 2.75. The van der Waals surface area contributed by atoms with E-state index in [1.54, 1.807) is 12.4 Å². The van der Waals surface area contributed by atoms with Gasteiger partial charge in [-0.3, -0.25) is 4.98 Å². The van der Waals surface area contributed by atoms with E-state index in [2.05, 4.69) is 15.6 Å². The summed E-state index contributed by atoms with van der Waals surface area (Å²) < 4.78 is 2.13. The summed E-state index contributed by atoms with van der Waals surface area (Å²) in [7, 11) is 0. The van der Waals surface area contributed by atoms with Crippen LogP contribution in [0.5, 0.6) is 0 Å². The minimum absolute atomic E-state index is 0.684. The van der Waals surface area contributed by atoms with Crippen LogP contribution in [-0.4, -0.2) is 9.55 Å². The predicted molar refractivity (Wildman–Crippen MR) is 74.7 cm³/mol. The van der Waals surface area contributed by atoms with Crippen LogP contribution in [-0.2, 0) is 6.54 Å². The monoisotopic (exact) mass is 257 g/mol. The number of hydrogen-bond acceptors (Lipinski definition) is 2. The standard InChI is InChI=1S/C14H12ClN3/c15-13-8-17-5-3-11(13)9-18-6-4-10-1-2-12(16)7-14(10)18/h1-8H,9,16H2. The zero-order valence-corrected chi connectivity index (χ0v) is 10.4. The Labute approximate surface area is 110 Å². The molecule has 2 heterocycles. The Morgan fingerprint density at radius 1 is 1.22 bits per heavy atom. The van der Waals surface area contributed by atoms with Crippen LogP contribution in [0.2, 0.25) is 5.02 Å². The Kier molecular flexibility index (Phi) is 2.68. The highest BCUT2D eigenvalue weighted by atomic mass is 35.5. The number of anilines is 1. The number of fused-ring (bicyclic) bond motifs is 1. The van der Waals surface area contributed by atoms with Crippen LogP contribution in [0.15, 0.2) is 48.9 Å². The van der Waals surface area contributed by atoms with E-state index in [4.69, 9.17) is 17.3 Å². The maximum atomic E-state index is 6.12. The van der Waals surface area contributed by atoms with Crippen molar-refractivity contribution in [3.8, 4) is 0 Å². The maximum absolute atomic E-state index is 6.12. The van der Waals surface area contributed by atoms with Gasteiger partial charge in [0.15, 0.2) is 0 Å². The molecule has 4 heteroatoms. The minimum atomic E-state index is 0.684. The number of nitrogen functional groups attached to an aromatic ring is 1. The first-order chi connectivity index (χ1) is 8.74. The number of rotatable bonds is 2. The smallest absolute Gasteiger partial charge is 0.0639 e. The summed E-state index contributed by atoms with van der Waals surface area (Å²) in [5.74, 6) is 0. The zero-order valence-electron chi connectivity index (χ0n) is 9.68. The van der Waals surface area contributed by atoms with Gasteiger partial charge in [-0.2, -0.15) is 0 Å². The van der Waals surface area contributed by atoms with Gasteiger partial charge in [0.1, 0.15) is 0 Å². The third-order valence-electron chi connectivity index (χ3n) is 3.00. The Morgan fingerprint density at radius 3 is 2.94 bits per heavy atom. The number of aromatic nitrogens is 2. The van der Waals surface area contributed by atoms with Crippen LogP contribution in [0.3, 0.4) is 0 Å². The first kappa shape index (κ1) is 11.1. The highest BCUT2D eigenvalue weighted by molar-refractivity contribution is 6.31. The molecule has 90 valence electrons. The molecule has 3 rings (SSSR count). The van der Waals surface area contributed by atoms with Crippen molar-refractivity contribution in [2.45, 2.75) is 6.54 Å². The molecule has 0 bridgehead atoms. The van der Waals surface area contributed by atoms with Crippen molar-refractivity contribution in [3.63, 3.8) is 0 Å². The van der Waals surface area contributed by atoms with E-state index < -0.39 is 0 Å². The minimum Gasteiger partial charge on any atom is -0.399 e. The van der Waals surface area contributed by atoms with Crippen LogP contribution < -0.4 is 5.73 Å². The van der Waals surface area contributed by atoms with Crippen molar-refractivity contribution in [3.05, 3.63) is 59.5 Å². The number of halogens is 1. The summed E-state index contributed by atoms with van der Waals surface area (Å²) >= 11 is 6.12. The predicted octanol–water partition coefficient (Wildman–Crippen LogP) is 3.32. The second-order valence-electron chi connectivity index (χ2n) is 4.23. The maximum Gasteiger partial charge on any atom is 0.0639 e. The van der Waals surface area contributed by atoms with Crippen molar-refractivity contribution in [1.82, 2.24) is 9.55 Å². The molecular formula is C14H12ClN3. The first-order valence-electron chi connectivity index (χ1n) is 5.67. The van der Waals surface area contributed by atoms with E-state index >= 15 is 0 Å². The number of benzene rings is 1. The second-order valence-corrected chi connectivity index (χ2v) is 4.64. The van der Waals surface area contributed by atoms with E-state index in [0.29, 0.717) is 11.6 Å². The molecular weight excluding hydrogens is 246 g/mol. The van der Waals surface area contributed by atoms with Gasteiger partial charge < -0.3 is 10.3 Å². The quantitative estimate of drug-likeness (QED) is 0.716. The Morgan fingerprint density at radius 2 is 2.11 bits per heavy atom. The lowest BCUT2D eigenvalue weighted by Gasteiger charge is -2.07. The van der Waals surface area contributed by atoms with Crippen LogP contribution in [0.25, 0.3) is 10.9 Å². The fraction of sp³-hybridized carbons (Fsp3) is 0.0714. The molecule has 2 N–H and O–H groups in total. The fourth-order valence-corrected chi connectivity index (χ4v) is 2.23. The molecule has 0 radical (unpaired) electrons. The molecule has 18 heavy (non-hydrogen) atoms. The summed E-state index contributed by atoms with van der Waals surface area (Å²) in [5, 5.41) is 1.86. The van der Waals surface area contributed by atoms with Gasteiger partial charge >= 0.3 is 0 Å². The lowest BCUT2D eigenvalue weighted by atomic mass is 10.2. The van der Waals surface area contributed by atoms with Crippen LogP contribution in [0, 0.1) is 0 Å². The van der Waals surface area contributed by atoms with Crippen molar-refractivity contribution in [2.75, 3.05) is 5.73 Å². The zero-order chi connectivity index (χ0) is 12.5. The van der Waals surface area contributed by atoms with Gasteiger partial charge in [-0.1, -0.05) is 17.7 Å². The molecule has 0 spiro atoms. The average molecular weight is 258 g/mol. The number of pyridine rings is 1. The molecule has 2 aromatic heterocycles. The fourth-order valence-electron chi connectivity index (χ4n) is 2.05. The van der Waals surface area contributed by atoms with E-state index in [1.807, 2.05) is 30.5 Å². The van der Waals surface area contributed by atoms with Gasteiger partial charge in [0.2, 0.25) is 0 Å². The van der Waals surface area contributed by atoms with Gasteiger partial charge in [-0.25, -0.2) is 0 Å². The normalized spacial score (nSPS) is 10.9.